The van der Waals surface area contributed by atoms with Gasteiger partial charge in [0.05, 0.1) is 24.4 Å². The average Bonchev–Trinajstić information content (AvgIpc) is 2.67. The average molecular weight is 440 g/mol. The van der Waals surface area contributed by atoms with E-state index in [1.54, 1.807) is 24.3 Å². The van der Waals surface area contributed by atoms with E-state index in [-0.39, 0.29) is 33.9 Å². The number of hydrogen-bond donors (Lipinski definition) is 2. The summed E-state index contributed by atoms with van der Waals surface area (Å²) in [7, 11) is -1.33. The topological polar surface area (TPSA) is 114 Å². The van der Waals surface area contributed by atoms with Crippen LogP contribution in [0.4, 0.5) is 11.4 Å². The Bertz CT molecular complexity index is 1070. The number of halogens is 1. The fraction of sp³-hybridized carbons (Fsp3) is 0.222. The van der Waals surface area contributed by atoms with Crippen LogP contribution in [0.1, 0.15) is 0 Å². The number of amides is 2. The summed E-state index contributed by atoms with van der Waals surface area (Å²) >= 11 is 6.11. The highest BCUT2D eigenvalue weighted by atomic mass is 35.5. The number of rotatable bonds is 6. The van der Waals surface area contributed by atoms with Crippen molar-refractivity contribution in [1.82, 2.24) is 4.31 Å². The number of anilines is 2. The van der Waals surface area contributed by atoms with Gasteiger partial charge >= 0.3 is 0 Å². The molecule has 29 heavy (non-hydrogen) atoms. The number of carbonyl (C=O) groups is 2. The molecule has 0 aliphatic carbocycles. The predicted octanol–water partition coefficient (Wildman–Crippen LogP) is 1.94. The van der Waals surface area contributed by atoms with E-state index in [9.17, 15) is 18.0 Å². The fourth-order valence-electron chi connectivity index (χ4n) is 2.64. The van der Waals surface area contributed by atoms with Gasteiger partial charge in [-0.2, -0.15) is 4.31 Å². The number of hydrogen-bond acceptors (Lipinski definition) is 6. The summed E-state index contributed by atoms with van der Waals surface area (Å²) in [5.74, 6) is -0.170. The minimum absolute atomic E-state index is 0.102. The molecule has 0 radical (unpaired) electrons. The summed E-state index contributed by atoms with van der Waals surface area (Å²) in [6, 6.07) is 9.20. The molecule has 2 N–H and O–H groups in total. The second-order valence-corrected chi connectivity index (χ2v) is 8.58. The van der Waals surface area contributed by atoms with Gasteiger partial charge in [0.15, 0.2) is 6.61 Å². The highest BCUT2D eigenvalue weighted by molar-refractivity contribution is 7.89. The largest absolute Gasteiger partial charge is 0.497 e. The van der Waals surface area contributed by atoms with Crippen LogP contribution in [-0.2, 0) is 19.6 Å². The van der Waals surface area contributed by atoms with Gasteiger partial charge < -0.3 is 20.1 Å². The Labute approximate surface area is 172 Å². The number of benzene rings is 2. The molecule has 0 fully saturated rings. The van der Waals surface area contributed by atoms with Crippen molar-refractivity contribution in [3.05, 3.63) is 41.4 Å². The standard InChI is InChI=1S/C18H18ClN3O6S/c1-22(9-17(23)20-11-4-3-5-12(6-11)27-2)29(25,26)16-8-15-14(7-13(16)19)21-18(24)10-28-15/h3-8H,9-10H2,1-2H3,(H,20,23)(H,21,24). The minimum atomic E-state index is -4.09. The third kappa shape index (κ3) is 4.61. The van der Waals surface area contributed by atoms with E-state index >= 15 is 0 Å². The number of nitrogens with one attached hydrogen (secondary N) is 2. The molecule has 1 heterocycles. The van der Waals surface area contributed by atoms with Crippen molar-refractivity contribution in [2.75, 3.05) is 37.9 Å². The van der Waals surface area contributed by atoms with Crippen molar-refractivity contribution in [3.63, 3.8) is 0 Å². The summed E-state index contributed by atoms with van der Waals surface area (Å²) in [6.07, 6.45) is 0. The Hall–Kier alpha value is -2.82. The highest BCUT2D eigenvalue weighted by Crippen LogP contribution is 2.36. The molecule has 0 unspecified atom stereocenters. The van der Waals surface area contributed by atoms with Gasteiger partial charge in [-0.25, -0.2) is 8.42 Å². The molecule has 2 aromatic carbocycles. The number of methoxy groups -OCH3 is 1. The summed E-state index contributed by atoms with van der Waals surface area (Å²) < 4.78 is 37.0. The Morgan fingerprint density at radius 1 is 1.34 bits per heavy atom. The van der Waals surface area contributed by atoms with Crippen LogP contribution in [0.2, 0.25) is 5.02 Å². The second kappa shape index (κ2) is 8.27. The van der Waals surface area contributed by atoms with E-state index < -0.39 is 22.5 Å². The smallest absolute Gasteiger partial charge is 0.262 e. The molecular formula is C18H18ClN3O6S. The zero-order chi connectivity index (χ0) is 21.2. The second-order valence-electron chi connectivity index (χ2n) is 6.16. The van der Waals surface area contributed by atoms with Crippen molar-refractivity contribution >= 4 is 44.8 Å². The van der Waals surface area contributed by atoms with E-state index in [1.807, 2.05) is 0 Å². The first-order chi connectivity index (χ1) is 13.7. The summed E-state index contributed by atoms with van der Waals surface area (Å²) in [5.41, 5.74) is 0.750. The predicted molar refractivity (Wildman–Crippen MR) is 107 cm³/mol. The van der Waals surface area contributed by atoms with Gasteiger partial charge in [-0.15, -0.1) is 0 Å². The van der Waals surface area contributed by atoms with E-state index in [0.717, 1.165) is 4.31 Å². The molecule has 0 bridgehead atoms. The third-order valence-electron chi connectivity index (χ3n) is 4.07. The lowest BCUT2D eigenvalue weighted by atomic mass is 10.2. The Morgan fingerprint density at radius 2 is 2.10 bits per heavy atom. The molecule has 0 saturated heterocycles. The number of nitrogens with zero attached hydrogens (tertiary/aromatic N) is 1. The SMILES string of the molecule is COc1cccc(NC(=O)CN(C)S(=O)(=O)c2cc3c(cc2Cl)NC(=O)CO3)c1. The van der Waals surface area contributed by atoms with Crippen LogP contribution in [0.15, 0.2) is 41.3 Å². The molecular weight excluding hydrogens is 422 g/mol. The first-order valence-corrected chi connectivity index (χ1v) is 10.2. The zero-order valence-electron chi connectivity index (χ0n) is 15.6. The van der Waals surface area contributed by atoms with Gasteiger partial charge in [-0.3, -0.25) is 9.59 Å². The molecule has 0 spiro atoms. The fourth-order valence-corrected chi connectivity index (χ4v) is 4.28. The third-order valence-corrected chi connectivity index (χ3v) is 6.34. The molecule has 0 atom stereocenters. The van der Waals surface area contributed by atoms with Crippen LogP contribution in [0.3, 0.4) is 0 Å². The normalized spacial score (nSPS) is 13.3. The lowest BCUT2D eigenvalue weighted by molar-refractivity contribution is -0.118. The molecule has 3 rings (SSSR count). The number of carbonyl (C=O) groups excluding carboxylic acids is 2. The summed E-state index contributed by atoms with van der Waals surface area (Å²) in [6.45, 7) is -0.669. The molecule has 1 aliphatic rings. The maximum Gasteiger partial charge on any atom is 0.262 e. The summed E-state index contributed by atoms with van der Waals surface area (Å²) in [4.78, 5) is 23.4. The monoisotopic (exact) mass is 439 g/mol. The van der Waals surface area contributed by atoms with Gasteiger partial charge in [-0.05, 0) is 18.2 Å². The Kier molecular flexibility index (Phi) is 5.96. The van der Waals surface area contributed by atoms with Crippen LogP contribution in [0, 0.1) is 0 Å². The number of fused-ring (bicyclic) bond motifs is 1. The van der Waals surface area contributed by atoms with Gasteiger partial charge in [0.2, 0.25) is 15.9 Å². The highest BCUT2D eigenvalue weighted by Gasteiger charge is 2.28. The van der Waals surface area contributed by atoms with Crippen molar-refractivity contribution < 1.29 is 27.5 Å². The molecule has 11 heteroatoms. The van der Waals surface area contributed by atoms with Crippen LogP contribution in [0.5, 0.6) is 11.5 Å². The van der Waals surface area contributed by atoms with Crippen LogP contribution in [-0.4, -0.2) is 51.8 Å². The summed E-state index contributed by atoms with van der Waals surface area (Å²) in [5, 5.41) is 5.05. The first-order valence-electron chi connectivity index (χ1n) is 8.37. The van der Waals surface area contributed by atoms with E-state index in [2.05, 4.69) is 10.6 Å². The van der Waals surface area contributed by atoms with Gasteiger partial charge in [0, 0.05) is 24.9 Å². The quantitative estimate of drug-likeness (QED) is 0.711. The van der Waals surface area contributed by atoms with Crippen molar-refractivity contribution in [2.45, 2.75) is 4.90 Å². The maximum absolute atomic E-state index is 12.9. The van der Waals surface area contributed by atoms with Crippen molar-refractivity contribution in [1.29, 1.82) is 0 Å². The van der Waals surface area contributed by atoms with Gasteiger partial charge in [0.25, 0.3) is 5.91 Å². The zero-order valence-corrected chi connectivity index (χ0v) is 17.1. The van der Waals surface area contributed by atoms with Crippen molar-refractivity contribution in [3.8, 4) is 11.5 Å². The van der Waals surface area contributed by atoms with Crippen molar-refractivity contribution in [2.24, 2.45) is 0 Å². The van der Waals surface area contributed by atoms with Gasteiger partial charge in [0.1, 0.15) is 16.4 Å². The lowest BCUT2D eigenvalue weighted by Gasteiger charge is -2.22. The van der Waals surface area contributed by atoms with Crippen LogP contribution >= 0.6 is 11.6 Å². The van der Waals surface area contributed by atoms with E-state index in [4.69, 9.17) is 21.1 Å². The number of sulfonamides is 1. The number of ether oxygens (including phenoxy) is 2. The molecule has 154 valence electrons. The molecule has 9 nitrogen and oxygen atoms in total. The number of likely N-dealkylation sites (N-methyl/N-ethyl adjacent to an activating group) is 1. The van der Waals surface area contributed by atoms with Crippen LogP contribution in [0.25, 0.3) is 0 Å². The molecule has 0 aromatic heterocycles. The van der Waals surface area contributed by atoms with E-state index in [1.165, 1.54) is 26.3 Å². The van der Waals surface area contributed by atoms with E-state index in [0.29, 0.717) is 11.4 Å². The van der Waals surface area contributed by atoms with Crippen LogP contribution < -0.4 is 20.1 Å². The molecule has 0 saturated carbocycles. The molecule has 2 amide bonds. The lowest BCUT2D eigenvalue weighted by Crippen LogP contribution is -2.35. The Balaban J connectivity index is 1.77. The molecule has 2 aromatic rings. The first kappa shape index (κ1) is 20.9. The minimum Gasteiger partial charge on any atom is -0.497 e. The maximum atomic E-state index is 12.9. The molecule has 1 aliphatic heterocycles. The van der Waals surface area contributed by atoms with Gasteiger partial charge in [-0.1, -0.05) is 17.7 Å². The Morgan fingerprint density at radius 3 is 2.83 bits per heavy atom.